The van der Waals surface area contributed by atoms with Crippen LogP contribution in [-0.2, 0) is 6.54 Å². The maximum absolute atomic E-state index is 5.49. The molecule has 3 atom stereocenters. The first-order chi connectivity index (χ1) is 18.6. The molecule has 0 amide bonds. The van der Waals surface area contributed by atoms with Gasteiger partial charge in [-0.15, -0.1) is 0 Å². The van der Waals surface area contributed by atoms with Gasteiger partial charge in [-0.05, 0) is 46.5 Å². The topological polar surface area (TPSA) is 104 Å². The second-order valence-corrected chi connectivity index (χ2v) is 8.77. The van der Waals surface area contributed by atoms with E-state index in [4.69, 9.17) is 18.9 Å². The minimum absolute atomic E-state index is 0.109. The van der Waals surface area contributed by atoms with Crippen molar-refractivity contribution < 1.29 is 18.9 Å². The van der Waals surface area contributed by atoms with Gasteiger partial charge in [0.15, 0.2) is 0 Å². The Morgan fingerprint density at radius 3 is 1.71 bits per heavy atom. The molecule has 4 aromatic rings. The molecule has 38 heavy (non-hydrogen) atoms. The van der Waals surface area contributed by atoms with Crippen LogP contribution in [0.3, 0.4) is 0 Å². The van der Waals surface area contributed by atoms with Gasteiger partial charge in [0.25, 0.3) is 0 Å². The molecule has 0 radical (unpaired) electrons. The minimum atomic E-state index is -0.181. The number of pyridine rings is 4. The maximum Gasteiger partial charge on any atom is 0.213 e. The molecule has 5 rings (SSSR count). The van der Waals surface area contributed by atoms with Crippen molar-refractivity contribution in [1.82, 2.24) is 30.2 Å². The average Bonchev–Trinajstić information content (AvgIpc) is 3.36. The van der Waals surface area contributed by atoms with Gasteiger partial charge in [0.2, 0.25) is 23.5 Å². The Hall–Kier alpha value is -4.28. The van der Waals surface area contributed by atoms with Crippen LogP contribution in [0.5, 0.6) is 23.5 Å². The second-order valence-electron chi connectivity index (χ2n) is 8.77. The summed E-state index contributed by atoms with van der Waals surface area (Å²) in [5.41, 5.74) is 4.17. The molecule has 1 saturated heterocycles. The third kappa shape index (κ3) is 5.22. The van der Waals surface area contributed by atoms with E-state index in [1.165, 1.54) is 0 Å². The van der Waals surface area contributed by atoms with E-state index < -0.39 is 0 Å². The van der Waals surface area contributed by atoms with Gasteiger partial charge in [0.05, 0.1) is 46.7 Å². The Morgan fingerprint density at radius 2 is 1.11 bits per heavy atom. The van der Waals surface area contributed by atoms with Crippen LogP contribution in [0.1, 0.15) is 40.5 Å². The molecule has 196 valence electrons. The van der Waals surface area contributed by atoms with Gasteiger partial charge in [0.1, 0.15) is 0 Å². The SMILES string of the molecule is COc1cc(CN2[C@@H](c3ccnc(OC)c3)N[C@@H](c3ccnc(OC)c3)[C@@H]2c2ccnc(OC)c2)ccn1. The van der Waals surface area contributed by atoms with Gasteiger partial charge in [0, 0.05) is 55.6 Å². The predicted octanol–water partition coefficient (Wildman–Crippen LogP) is 3.89. The summed E-state index contributed by atoms with van der Waals surface area (Å²) in [7, 11) is 6.48. The highest BCUT2D eigenvalue weighted by atomic mass is 16.5. The van der Waals surface area contributed by atoms with Crippen LogP contribution in [0.2, 0.25) is 0 Å². The van der Waals surface area contributed by atoms with Gasteiger partial charge in [-0.3, -0.25) is 10.2 Å². The smallest absolute Gasteiger partial charge is 0.213 e. The molecule has 0 unspecified atom stereocenters. The van der Waals surface area contributed by atoms with E-state index in [1.807, 2.05) is 48.5 Å². The van der Waals surface area contributed by atoms with Crippen molar-refractivity contribution in [1.29, 1.82) is 0 Å². The molecule has 1 N–H and O–H groups in total. The summed E-state index contributed by atoms with van der Waals surface area (Å²) in [4.78, 5) is 19.7. The largest absolute Gasteiger partial charge is 0.481 e. The Bertz CT molecular complexity index is 1390. The fraction of sp³-hybridized carbons (Fsp3) is 0.286. The molecule has 0 spiro atoms. The number of ether oxygens (including phenoxy) is 4. The summed E-state index contributed by atoms with van der Waals surface area (Å²) in [6.07, 6.45) is 6.88. The van der Waals surface area contributed by atoms with Crippen LogP contribution >= 0.6 is 0 Å². The predicted molar refractivity (Wildman–Crippen MR) is 140 cm³/mol. The number of nitrogens with one attached hydrogen (secondary N) is 1. The highest BCUT2D eigenvalue weighted by Gasteiger charge is 2.43. The van der Waals surface area contributed by atoms with E-state index >= 15 is 0 Å². The van der Waals surface area contributed by atoms with Crippen LogP contribution in [0.15, 0.2) is 73.3 Å². The minimum Gasteiger partial charge on any atom is -0.481 e. The summed E-state index contributed by atoms with van der Waals surface area (Å²) < 4.78 is 21.8. The van der Waals surface area contributed by atoms with Gasteiger partial charge >= 0.3 is 0 Å². The van der Waals surface area contributed by atoms with Crippen LogP contribution in [0.4, 0.5) is 0 Å². The summed E-state index contributed by atoms with van der Waals surface area (Å²) in [5, 5.41) is 3.86. The number of hydrogen-bond donors (Lipinski definition) is 1. The zero-order valence-electron chi connectivity index (χ0n) is 21.7. The quantitative estimate of drug-likeness (QED) is 0.354. The lowest BCUT2D eigenvalue weighted by atomic mass is 9.94. The lowest BCUT2D eigenvalue weighted by molar-refractivity contribution is 0.174. The first kappa shape index (κ1) is 25.4. The normalized spacial score (nSPS) is 19.2. The summed E-state index contributed by atoms with van der Waals surface area (Å²) in [5.74, 6) is 2.21. The molecule has 4 aromatic heterocycles. The zero-order chi connectivity index (χ0) is 26.5. The first-order valence-electron chi connectivity index (χ1n) is 12.1. The summed E-state index contributed by atoms with van der Waals surface area (Å²) in [6, 6.07) is 15.7. The van der Waals surface area contributed by atoms with Gasteiger partial charge in [-0.25, -0.2) is 19.9 Å². The van der Waals surface area contributed by atoms with Crippen molar-refractivity contribution in [2.45, 2.75) is 24.8 Å². The fourth-order valence-electron chi connectivity index (χ4n) is 4.88. The first-order valence-corrected chi connectivity index (χ1v) is 12.1. The van der Waals surface area contributed by atoms with Crippen molar-refractivity contribution in [3.63, 3.8) is 0 Å². The molecule has 1 fully saturated rings. The Morgan fingerprint density at radius 1 is 0.632 bits per heavy atom. The van der Waals surface area contributed by atoms with Crippen molar-refractivity contribution in [2.24, 2.45) is 0 Å². The number of aromatic nitrogens is 4. The molecule has 1 aliphatic rings. The van der Waals surface area contributed by atoms with Crippen LogP contribution in [0, 0.1) is 0 Å². The maximum atomic E-state index is 5.49. The van der Waals surface area contributed by atoms with E-state index in [9.17, 15) is 0 Å². The fourth-order valence-corrected chi connectivity index (χ4v) is 4.88. The highest BCUT2D eigenvalue weighted by molar-refractivity contribution is 5.36. The van der Waals surface area contributed by atoms with Crippen molar-refractivity contribution in [3.8, 4) is 23.5 Å². The zero-order valence-corrected chi connectivity index (χ0v) is 21.7. The number of hydrogen-bond acceptors (Lipinski definition) is 10. The third-order valence-electron chi connectivity index (χ3n) is 6.64. The molecular weight excluding hydrogens is 484 g/mol. The molecule has 10 heteroatoms. The molecule has 0 saturated carbocycles. The van der Waals surface area contributed by atoms with E-state index in [0.717, 1.165) is 22.3 Å². The van der Waals surface area contributed by atoms with Crippen LogP contribution < -0.4 is 24.3 Å². The van der Waals surface area contributed by atoms with Crippen molar-refractivity contribution >= 4 is 0 Å². The highest BCUT2D eigenvalue weighted by Crippen LogP contribution is 2.47. The number of nitrogens with zero attached hydrogens (tertiary/aromatic N) is 5. The molecule has 10 nitrogen and oxygen atoms in total. The van der Waals surface area contributed by atoms with Crippen molar-refractivity contribution in [2.75, 3.05) is 28.4 Å². The monoisotopic (exact) mass is 514 g/mol. The molecule has 5 heterocycles. The second kappa shape index (κ2) is 11.4. The van der Waals surface area contributed by atoms with E-state index in [-0.39, 0.29) is 18.2 Å². The van der Waals surface area contributed by atoms with Crippen LogP contribution in [0.25, 0.3) is 0 Å². The Kier molecular flexibility index (Phi) is 7.62. The lowest BCUT2D eigenvalue weighted by Crippen LogP contribution is -2.29. The average molecular weight is 515 g/mol. The van der Waals surface area contributed by atoms with Crippen LogP contribution in [-0.4, -0.2) is 53.3 Å². The lowest BCUT2D eigenvalue weighted by Gasteiger charge is -2.31. The molecule has 0 aromatic carbocycles. The number of methoxy groups -OCH3 is 4. The van der Waals surface area contributed by atoms with Gasteiger partial charge in [-0.2, -0.15) is 0 Å². The molecule has 0 aliphatic carbocycles. The molecule has 1 aliphatic heterocycles. The standard InChI is InChI=1S/C28H30N6O4/c1-35-22-13-18(5-9-29-22)17-34-27(20-7-11-31-24(15-20)37-3)26(19-6-10-30-23(14-19)36-2)33-28(34)21-8-12-32-25(16-21)38-4/h5-16,26-28,33H,17H2,1-4H3/t26-,27-,28-/m0/s1. The van der Waals surface area contributed by atoms with E-state index in [1.54, 1.807) is 53.2 Å². The molecular formula is C28H30N6O4. The number of rotatable bonds is 9. The van der Waals surface area contributed by atoms with Crippen molar-refractivity contribution in [3.05, 3.63) is 95.6 Å². The van der Waals surface area contributed by atoms with E-state index in [0.29, 0.717) is 30.1 Å². The summed E-state index contributed by atoms with van der Waals surface area (Å²) >= 11 is 0. The molecule has 0 bridgehead atoms. The Balaban J connectivity index is 1.66. The third-order valence-corrected chi connectivity index (χ3v) is 6.64. The van der Waals surface area contributed by atoms with E-state index in [2.05, 4.69) is 30.2 Å². The Labute approximate surface area is 221 Å². The summed E-state index contributed by atoms with van der Waals surface area (Å²) in [6.45, 7) is 0.606. The van der Waals surface area contributed by atoms with Gasteiger partial charge in [-0.1, -0.05) is 0 Å². The van der Waals surface area contributed by atoms with Gasteiger partial charge < -0.3 is 18.9 Å².